The first-order valence-electron chi connectivity index (χ1n) is 7.42. The Bertz CT molecular complexity index is 685. The highest BCUT2D eigenvalue weighted by molar-refractivity contribution is 7.89. The maximum absolute atomic E-state index is 12.8. The summed E-state index contributed by atoms with van der Waals surface area (Å²) in [4.78, 5) is 11.7. The van der Waals surface area contributed by atoms with E-state index in [1.807, 2.05) is 0 Å². The van der Waals surface area contributed by atoms with Crippen LogP contribution >= 0.6 is 0 Å². The van der Waals surface area contributed by atoms with Gasteiger partial charge in [0.2, 0.25) is 15.9 Å². The molecular formula is C15H20N2O4S. The smallest absolute Gasteiger partial charge is 0.243 e. The van der Waals surface area contributed by atoms with Gasteiger partial charge in [0.15, 0.2) is 0 Å². The number of rotatable bonds is 4. The fourth-order valence-corrected chi connectivity index (χ4v) is 4.74. The van der Waals surface area contributed by atoms with Crippen molar-refractivity contribution in [3.8, 4) is 0 Å². The van der Waals surface area contributed by atoms with Crippen molar-refractivity contribution in [2.45, 2.75) is 24.2 Å². The van der Waals surface area contributed by atoms with Crippen molar-refractivity contribution >= 4 is 21.6 Å². The summed E-state index contributed by atoms with van der Waals surface area (Å²) in [6.07, 6.45) is 2.08. The second-order valence-electron chi connectivity index (χ2n) is 5.87. The number of nitrogens with zero attached hydrogens (tertiary/aromatic N) is 1. The quantitative estimate of drug-likeness (QED) is 0.904. The minimum atomic E-state index is -3.51. The third kappa shape index (κ3) is 2.88. The second-order valence-corrected chi connectivity index (χ2v) is 7.81. The molecule has 1 atom stereocenters. The van der Waals surface area contributed by atoms with E-state index in [4.69, 9.17) is 4.74 Å². The van der Waals surface area contributed by atoms with Crippen LogP contribution in [0.1, 0.15) is 18.4 Å². The average Bonchev–Trinajstić information content (AvgIpc) is 2.87. The molecule has 0 spiro atoms. The van der Waals surface area contributed by atoms with Gasteiger partial charge >= 0.3 is 0 Å². The summed E-state index contributed by atoms with van der Waals surface area (Å²) in [6.45, 7) is 1.61. The van der Waals surface area contributed by atoms with Crippen molar-refractivity contribution < 1.29 is 17.9 Å². The lowest BCUT2D eigenvalue weighted by molar-refractivity contribution is -0.115. The Morgan fingerprint density at radius 3 is 3.00 bits per heavy atom. The monoisotopic (exact) mass is 324 g/mol. The minimum Gasteiger partial charge on any atom is -0.384 e. The maximum Gasteiger partial charge on any atom is 0.243 e. The molecule has 2 aliphatic heterocycles. The van der Waals surface area contributed by atoms with E-state index in [9.17, 15) is 13.2 Å². The number of hydrogen-bond acceptors (Lipinski definition) is 4. The molecule has 0 radical (unpaired) electrons. The Balaban J connectivity index is 1.84. The molecule has 7 heteroatoms. The largest absolute Gasteiger partial charge is 0.384 e. The predicted molar refractivity (Wildman–Crippen MR) is 82.1 cm³/mol. The summed E-state index contributed by atoms with van der Waals surface area (Å²) in [6, 6.07) is 4.85. The van der Waals surface area contributed by atoms with Gasteiger partial charge in [0.25, 0.3) is 0 Å². The topological polar surface area (TPSA) is 75.7 Å². The zero-order chi connectivity index (χ0) is 15.7. The first-order valence-corrected chi connectivity index (χ1v) is 8.86. The average molecular weight is 324 g/mol. The molecule has 0 aliphatic carbocycles. The molecule has 6 nitrogen and oxygen atoms in total. The molecule has 1 aromatic carbocycles. The molecule has 1 fully saturated rings. The van der Waals surface area contributed by atoms with Crippen LogP contribution in [-0.2, 0) is 26.0 Å². The summed E-state index contributed by atoms with van der Waals surface area (Å²) in [5, 5.41) is 2.72. The van der Waals surface area contributed by atoms with E-state index in [2.05, 4.69) is 5.32 Å². The number of benzene rings is 1. The number of ether oxygens (including phenoxy) is 1. The fourth-order valence-electron chi connectivity index (χ4n) is 3.13. The Kier molecular flexibility index (Phi) is 4.20. The van der Waals surface area contributed by atoms with E-state index in [-0.39, 0.29) is 23.1 Å². The van der Waals surface area contributed by atoms with E-state index in [1.165, 1.54) is 4.31 Å². The molecule has 0 saturated carbocycles. The first-order chi connectivity index (χ1) is 10.5. The number of carbonyl (C=O) groups is 1. The molecule has 0 bridgehead atoms. The van der Waals surface area contributed by atoms with Crippen molar-refractivity contribution in [1.82, 2.24) is 4.31 Å². The summed E-state index contributed by atoms with van der Waals surface area (Å²) < 4.78 is 32.3. The fraction of sp³-hybridized carbons (Fsp3) is 0.533. The van der Waals surface area contributed by atoms with Crippen LogP contribution in [0.25, 0.3) is 0 Å². The summed E-state index contributed by atoms with van der Waals surface area (Å²) >= 11 is 0. The SMILES string of the molecule is COCC1CCCN(S(=O)(=O)c2ccc3c(c2)CC(=O)N3)C1. The van der Waals surface area contributed by atoms with Gasteiger partial charge in [0.1, 0.15) is 0 Å². The van der Waals surface area contributed by atoms with Crippen LogP contribution in [-0.4, -0.2) is 45.4 Å². The van der Waals surface area contributed by atoms with Gasteiger partial charge in [-0.15, -0.1) is 0 Å². The number of amides is 1. The number of methoxy groups -OCH3 is 1. The summed E-state index contributed by atoms with van der Waals surface area (Å²) in [5.41, 5.74) is 1.45. The number of hydrogen-bond donors (Lipinski definition) is 1. The van der Waals surface area contributed by atoms with E-state index in [0.717, 1.165) is 18.4 Å². The number of fused-ring (bicyclic) bond motifs is 1. The van der Waals surface area contributed by atoms with E-state index in [1.54, 1.807) is 25.3 Å². The zero-order valence-electron chi connectivity index (χ0n) is 12.5. The highest BCUT2D eigenvalue weighted by atomic mass is 32.2. The highest BCUT2D eigenvalue weighted by Gasteiger charge is 2.31. The van der Waals surface area contributed by atoms with Gasteiger partial charge in [-0.2, -0.15) is 4.31 Å². The van der Waals surface area contributed by atoms with E-state index >= 15 is 0 Å². The molecule has 2 heterocycles. The van der Waals surface area contributed by atoms with Crippen LogP contribution in [0.4, 0.5) is 5.69 Å². The van der Waals surface area contributed by atoms with Gasteiger partial charge in [0, 0.05) is 25.9 Å². The number of carbonyl (C=O) groups excluding carboxylic acids is 1. The maximum atomic E-state index is 12.8. The Hall–Kier alpha value is -1.44. The second kappa shape index (κ2) is 5.98. The zero-order valence-corrected chi connectivity index (χ0v) is 13.4. The van der Waals surface area contributed by atoms with Crippen LogP contribution in [0.3, 0.4) is 0 Å². The minimum absolute atomic E-state index is 0.0947. The van der Waals surface area contributed by atoms with Gasteiger partial charge in [-0.25, -0.2) is 8.42 Å². The third-order valence-corrected chi connectivity index (χ3v) is 6.08. The molecule has 1 amide bonds. The standard InChI is InChI=1S/C15H20N2O4S/c1-21-10-11-3-2-6-17(9-11)22(19,20)13-4-5-14-12(7-13)8-15(18)16-14/h4-5,7,11H,2-3,6,8-10H2,1H3,(H,16,18). The van der Waals surface area contributed by atoms with Crippen molar-refractivity contribution in [1.29, 1.82) is 0 Å². The molecule has 0 aromatic heterocycles. The lowest BCUT2D eigenvalue weighted by Gasteiger charge is -2.31. The van der Waals surface area contributed by atoms with Gasteiger partial charge in [-0.3, -0.25) is 4.79 Å². The number of nitrogens with one attached hydrogen (secondary N) is 1. The molecule has 1 saturated heterocycles. The Labute approximate surface area is 130 Å². The van der Waals surface area contributed by atoms with Gasteiger partial charge in [-0.05, 0) is 42.5 Å². The molecule has 1 aromatic rings. The molecule has 2 aliphatic rings. The lowest BCUT2D eigenvalue weighted by atomic mass is 10.0. The Morgan fingerprint density at radius 2 is 2.23 bits per heavy atom. The van der Waals surface area contributed by atoms with Crippen LogP contribution in [0, 0.1) is 5.92 Å². The van der Waals surface area contributed by atoms with Crippen LogP contribution < -0.4 is 5.32 Å². The third-order valence-electron chi connectivity index (χ3n) is 4.22. The normalized spacial score (nSPS) is 22.4. The van der Waals surface area contributed by atoms with E-state index < -0.39 is 10.0 Å². The van der Waals surface area contributed by atoms with Crippen LogP contribution in [0.2, 0.25) is 0 Å². The van der Waals surface area contributed by atoms with Gasteiger partial charge < -0.3 is 10.1 Å². The van der Waals surface area contributed by atoms with Crippen molar-refractivity contribution in [2.75, 3.05) is 32.1 Å². The molecule has 120 valence electrons. The van der Waals surface area contributed by atoms with Crippen molar-refractivity contribution in [2.24, 2.45) is 5.92 Å². The molecule has 3 rings (SSSR count). The van der Waals surface area contributed by atoms with Crippen LogP contribution in [0.15, 0.2) is 23.1 Å². The first kappa shape index (κ1) is 15.5. The van der Waals surface area contributed by atoms with E-state index in [0.29, 0.717) is 25.4 Å². The number of sulfonamides is 1. The number of piperidine rings is 1. The molecular weight excluding hydrogens is 304 g/mol. The predicted octanol–water partition coefficient (Wildman–Crippen LogP) is 1.23. The lowest BCUT2D eigenvalue weighted by Crippen LogP contribution is -2.41. The molecule has 1 N–H and O–H groups in total. The Morgan fingerprint density at radius 1 is 1.41 bits per heavy atom. The molecule has 1 unspecified atom stereocenters. The summed E-state index contributed by atoms with van der Waals surface area (Å²) in [5.74, 6) is 0.147. The van der Waals surface area contributed by atoms with Crippen molar-refractivity contribution in [3.05, 3.63) is 23.8 Å². The number of anilines is 1. The van der Waals surface area contributed by atoms with Gasteiger partial charge in [0.05, 0.1) is 17.9 Å². The van der Waals surface area contributed by atoms with Crippen molar-refractivity contribution in [3.63, 3.8) is 0 Å². The summed E-state index contributed by atoms with van der Waals surface area (Å²) in [7, 11) is -1.88. The van der Waals surface area contributed by atoms with Gasteiger partial charge in [-0.1, -0.05) is 0 Å². The molecule has 22 heavy (non-hydrogen) atoms. The van der Waals surface area contributed by atoms with Crippen LogP contribution in [0.5, 0.6) is 0 Å². The highest BCUT2D eigenvalue weighted by Crippen LogP contribution is 2.29.